The number of nitrogens with one attached hydrogen (secondary N) is 1. The van der Waals surface area contributed by atoms with Gasteiger partial charge in [-0.1, -0.05) is 30.3 Å². The molecule has 2 aromatic rings. The van der Waals surface area contributed by atoms with Crippen molar-refractivity contribution in [2.24, 2.45) is 0 Å². The lowest BCUT2D eigenvalue weighted by molar-refractivity contribution is 0.00728. The van der Waals surface area contributed by atoms with E-state index in [1.54, 1.807) is 6.33 Å². The molecule has 0 spiro atoms. The number of morpholine rings is 1. The normalized spacial score (nSPS) is 23.8. The van der Waals surface area contributed by atoms with E-state index < -0.39 is 0 Å². The molecule has 2 aliphatic heterocycles. The second kappa shape index (κ2) is 7.64. The first-order valence-electron chi connectivity index (χ1n) is 9.33. The van der Waals surface area contributed by atoms with Crippen molar-refractivity contribution in [2.75, 3.05) is 26.3 Å². The van der Waals surface area contributed by atoms with Crippen molar-refractivity contribution in [3.8, 4) is 0 Å². The van der Waals surface area contributed by atoms with Crippen LogP contribution in [0.25, 0.3) is 0 Å². The summed E-state index contributed by atoms with van der Waals surface area (Å²) in [5.74, 6) is 1.08. The van der Waals surface area contributed by atoms with Gasteiger partial charge in [0.15, 0.2) is 0 Å². The van der Waals surface area contributed by atoms with E-state index in [1.165, 1.54) is 5.56 Å². The Hall–Kier alpha value is -1.76. The maximum atomic E-state index is 5.57. The molecule has 6 heteroatoms. The van der Waals surface area contributed by atoms with Gasteiger partial charge in [-0.2, -0.15) is 5.10 Å². The van der Waals surface area contributed by atoms with Gasteiger partial charge in [-0.25, -0.2) is 9.67 Å². The topological polar surface area (TPSA) is 55.2 Å². The fraction of sp³-hybridized carbons (Fsp3) is 0.579. The van der Waals surface area contributed by atoms with Gasteiger partial charge in [0.25, 0.3) is 0 Å². The van der Waals surface area contributed by atoms with E-state index in [9.17, 15) is 0 Å². The van der Waals surface area contributed by atoms with E-state index in [0.29, 0.717) is 12.1 Å². The van der Waals surface area contributed by atoms with Crippen molar-refractivity contribution < 1.29 is 4.74 Å². The maximum Gasteiger partial charge on any atom is 0.143 e. The third-order valence-electron chi connectivity index (χ3n) is 5.34. The van der Waals surface area contributed by atoms with Gasteiger partial charge in [0.1, 0.15) is 12.2 Å². The molecule has 3 atom stereocenters. The fourth-order valence-corrected chi connectivity index (χ4v) is 4.18. The van der Waals surface area contributed by atoms with Crippen LogP contribution in [0.4, 0.5) is 0 Å². The number of nitrogens with zero attached hydrogens (tertiary/aromatic N) is 4. The fourth-order valence-electron chi connectivity index (χ4n) is 4.18. The number of fused-ring (bicyclic) bond motifs is 1. The molecule has 0 aliphatic carbocycles. The molecule has 3 heterocycles. The van der Waals surface area contributed by atoms with Crippen LogP contribution in [-0.2, 0) is 11.3 Å². The number of ether oxygens (including phenoxy) is 1. The van der Waals surface area contributed by atoms with Gasteiger partial charge in [0.05, 0.1) is 25.3 Å². The molecule has 1 N–H and O–H groups in total. The Morgan fingerprint density at radius 3 is 2.76 bits per heavy atom. The molecule has 25 heavy (non-hydrogen) atoms. The molecule has 1 saturated heterocycles. The van der Waals surface area contributed by atoms with Crippen molar-refractivity contribution >= 4 is 0 Å². The quantitative estimate of drug-likeness (QED) is 0.903. The van der Waals surface area contributed by atoms with Gasteiger partial charge >= 0.3 is 0 Å². The van der Waals surface area contributed by atoms with Gasteiger partial charge in [-0.3, -0.25) is 4.90 Å². The van der Waals surface area contributed by atoms with Crippen LogP contribution in [0.15, 0.2) is 36.7 Å². The number of hydrogen-bond donors (Lipinski definition) is 1. The molecule has 0 unspecified atom stereocenters. The molecule has 0 radical (unpaired) electrons. The first-order chi connectivity index (χ1) is 12.3. The highest BCUT2D eigenvalue weighted by molar-refractivity contribution is 5.21. The lowest BCUT2D eigenvalue weighted by Crippen LogP contribution is -2.48. The van der Waals surface area contributed by atoms with Crippen LogP contribution in [0.3, 0.4) is 0 Å². The highest BCUT2D eigenvalue weighted by Gasteiger charge is 2.31. The number of aryl methyl sites for hydroxylation is 1. The lowest BCUT2D eigenvalue weighted by Gasteiger charge is -2.40. The van der Waals surface area contributed by atoms with E-state index in [0.717, 1.165) is 51.5 Å². The van der Waals surface area contributed by atoms with Crippen LogP contribution in [0.5, 0.6) is 0 Å². The standard InChI is InChI=1S/C19H27N5O/c1-15(22-17-8-5-9-24-19(17)20-14-21-24)18(16-6-3-2-4-7-16)23-10-12-25-13-11-23/h2-4,6-7,14-15,17-18,22H,5,8-13H2,1H3/t15-,17-,18+/m0/s1. The molecule has 6 nitrogen and oxygen atoms in total. The molecule has 0 saturated carbocycles. The van der Waals surface area contributed by atoms with Crippen LogP contribution in [0.1, 0.15) is 43.2 Å². The average molecular weight is 341 g/mol. The van der Waals surface area contributed by atoms with E-state index in [2.05, 4.69) is 57.6 Å². The summed E-state index contributed by atoms with van der Waals surface area (Å²) in [6.07, 6.45) is 3.94. The minimum absolute atomic E-state index is 0.276. The third-order valence-corrected chi connectivity index (χ3v) is 5.34. The zero-order valence-corrected chi connectivity index (χ0v) is 14.8. The summed E-state index contributed by atoms with van der Waals surface area (Å²) >= 11 is 0. The first kappa shape index (κ1) is 16.7. The Balaban J connectivity index is 1.55. The summed E-state index contributed by atoms with van der Waals surface area (Å²) in [6, 6.07) is 11.8. The summed E-state index contributed by atoms with van der Waals surface area (Å²) in [6.45, 7) is 6.86. The van der Waals surface area contributed by atoms with E-state index >= 15 is 0 Å². The Morgan fingerprint density at radius 2 is 1.96 bits per heavy atom. The summed E-state index contributed by atoms with van der Waals surface area (Å²) in [5, 5.41) is 8.20. The number of hydrogen-bond acceptors (Lipinski definition) is 5. The molecular weight excluding hydrogens is 314 g/mol. The van der Waals surface area contributed by atoms with Gasteiger partial charge in [0.2, 0.25) is 0 Å². The lowest BCUT2D eigenvalue weighted by atomic mass is 9.96. The largest absolute Gasteiger partial charge is 0.379 e. The number of aromatic nitrogens is 3. The van der Waals surface area contributed by atoms with Gasteiger partial charge < -0.3 is 10.1 Å². The molecule has 1 aromatic heterocycles. The highest BCUT2D eigenvalue weighted by atomic mass is 16.5. The molecule has 0 amide bonds. The maximum absolute atomic E-state index is 5.57. The number of benzene rings is 1. The van der Waals surface area contributed by atoms with E-state index in [4.69, 9.17) is 4.74 Å². The smallest absolute Gasteiger partial charge is 0.143 e. The Bertz CT molecular complexity index is 667. The van der Waals surface area contributed by atoms with Crippen molar-refractivity contribution in [1.82, 2.24) is 25.0 Å². The predicted octanol–water partition coefficient (Wildman–Crippen LogP) is 2.16. The average Bonchev–Trinajstić information content (AvgIpc) is 3.14. The highest BCUT2D eigenvalue weighted by Crippen LogP contribution is 2.29. The third kappa shape index (κ3) is 3.61. The molecule has 1 fully saturated rings. The molecule has 4 rings (SSSR count). The minimum atomic E-state index is 0.276. The second-order valence-electron chi connectivity index (χ2n) is 7.00. The monoisotopic (exact) mass is 341 g/mol. The zero-order valence-electron chi connectivity index (χ0n) is 14.8. The molecule has 1 aromatic carbocycles. The summed E-state index contributed by atoms with van der Waals surface area (Å²) < 4.78 is 7.61. The van der Waals surface area contributed by atoms with E-state index in [-0.39, 0.29) is 6.04 Å². The van der Waals surface area contributed by atoms with Gasteiger partial charge in [-0.15, -0.1) is 0 Å². The second-order valence-corrected chi connectivity index (χ2v) is 7.00. The number of rotatable bonds is 5. The molecule has 134 valence electrons. The first-order valence-corrected chi connectivity index (χ1v) is 9.33. The Labute approximate surface area is 149 Å². The van der Waals surface area contributed by atoms with Crippen molar-refractivity contribution in [3.63, 3.8) is 0 Å². The van der Waals surface area contributed by atoms with Crippen molar-refractivity contribution in [3.05, 3.63) is 48.0 Å². The van der Waals surface area contributed by atoms with E-state index in [1.807, 2.05) is 4.68 Å². The summed E-state index contributed by atoms with van der Waals surface area (Å²) in [4.78, 5) is 7.04. The Kier molecular flexibility index (Phi) is 5.10. The minimum Gasteiger partial charge on any atom is -0.379 e. The van der Waals surface area contributed by atoms with Crippen LogP contribution in [0.2, 0.25) is 0 Å². The zero-order chi connectivity index (χ0) is 17.1. The van der Waals surface area contributed by atoms with Crippen LogP contribution < -0.4 is 5.32 Å². The van der Waals surface area contributed by atoms with Crippen molar-refractivity contribution in [2.45, 2.75) is 44.4 Å². The molecular formula is C19H27N5O. The van der Waals surface area contributed by atoms with Crippen molar-refractivity contribution in [1.29, 1.82) is 0 Å². The summed E-state index contributed by atoms with van der Waals surface area (Å²) in [5.41, 5.74) is 1.36. The molecule has 2 aliphatic rings. The van der Waals surface area contributed by atoms with Gasteiger partial charge in [0, 0.05) is 25.7 Å². The van der Waals surface area contributed by atoms with Crippen LogP contribution >= 0.6 is 0 Å². The van der Waals surface area contributed by atoms with Gasteiger partial charge in [-0.05, 0) is 25.3 Å². The molecule has 0 bridgehead atoms. The van der Waals surface area contributed by atoms with Crippen LogP contribution in [-0.4, -0.2) is 52.0 Å². The summed E-state index contributed by atoms with van der Waals surface area (Å²) in [7, 11) is 0. The Morgan fingerprint density at radius 1 is 1.16 bits per heavy atom. The van der Waals surface area contributed by atoms with Crippen LogP contribution in [0, 0.1) is 0 Å². The predicted molar refractivity (Wildman–Crippen MR) is 96.2 cm³/mol. The SMILES string of the molecule is C[C@H](N[C@H]1CCCn2ncnc21)[C@H](c1ccccc1)N1CCOCC1.